The average molecular weight is 303 g/mol. The number of ether oxygens (including phenoxy) is 1. The molecule has 2 aromatic rings. The SMILES string of the molecule is NC(c1ccc(OC(F)F)cc1)c1cc(F)c(F)cc1F. The molecule has 0 aliphatic carbocycles. The Hall–Kier alpha value is -2.15. The van der Waals surface area contributed by atoms with Crippen LogP contribution in [0.3, 0.4) is 0 Å². The number of benzene rings is 2. The van der Waals surface area contributed by atoms with Crippen molar-refractivity contribution in [1.29, 1.82) is 0 Å². The zero-order valence-electron chi connectivity index (χ0n) is 10.5. The number of hydrogen-bond acceptors (Lipinski definition) is 2. The summed E-state index contributed by atoms with van der Waals surface area (Å²) in [6.45, 7) is -2.96. The molecule has 21 heavy (non-hydrogen) atoms. The third kappa shape index (κ3) is 3.49. The van der Waals surface area contributed by atoms with Crippen molar-refractivity contribution in [3.05, 3.63) is 65.0 Å². The van der Waals surface area contributed by atoms with Gasteiger partial charge in [-0.1, -0.05) is 12.1 Å². The molecule has 2 rings (SSSR count). The van der Waals surface area contributed by atoms with Crippen LogP contribution >= 0.6 is 0 Å². The molecule has 0 bridgehead atoms. The highest BCUT2D eigenvalue weighted by Gasteiger charge is 2.17. The van der Waals surface area contributed by atoms with Crippen LogP contribution in [0.25, 0.3) is 0 Å². The molecule has 0 amide bonds. The first-order chi connectivity index (χ1) is 9.88. The van der Waals surface area contributed by atoms with Gasteiger partial charge in [-0.25, -0.2) is 13.2 Å². The second kappa shape index (κ2) is 6.09. The van der Waals surface area contributed by atoms with Crippen LogP contribution in [0.1, 0.15) is 17.2 Å². The Balaban J connectivity index is 2.27. The van der Waals surface area contributed by atoms with Crippen molar-refractivity contribution < 1.29 is 26.7 Å². The van der Waals surface area contributed by atoms with E-state index in [9.17, 15) is 22.0 Å². The highest BCUT2D eigenvalue weighted by atomic mass is 19.3. The van der Waals surface area contributed by atoms with Gasteiger partial charge in [0.05, 0.1) is 6.04 Å². The van der Waals surface area contributed by atoms with E-state index >= 15 is 0 Å². The Morgan fingerprint density at radius 1 is 0.857 bits per heavy atom. The first-order valence-electron chi connectivity index (χ1n) is 5.83. The summed E-state index contributed by atoms with van der Waals surface area (Å²) >= 11 is 0. The zero-order valence-corrected chi connectivity index (χ0v) is 10.5. The molecule has 0 spiro atoms. The van der Waals surface area contributed by atoms with Gasteiger partial charge in [-0.05, 0) is 23.8 Å². The van der Waals surface area contributed by atoms with E-state index in [-0.39, 0.29) is 11.3 Å². The molecule has 1 atom stereocenters. The van der Waals surface area contributed by atoms with Gasteiger partial charge in [-0.15, -0.1) is 0 Å². The second-order valence-electron chi connectivity index (χ2n) is 4.21. The Labute approximate surface area is 116 Å². The second-order valence-corrected chi connectivity index (χ2v) is 4.21. The van der Waals surface area contributed by atoms with E-state index in [1.54, 1.807) is 0 Å². The number of halogens is 5. The van der Waals surface area contributed by atoms with Crippen molar-refractivity contribution in [3.8, 4) is 5.75 Å². The summed E-state index contributed by atoms with van der Waals surface area (Å²) in [7, 11) is 0. The van der Waals surface area contributed by atoms with Crippen molar-refractivity contribution >= 4 is 0 Å². The quantitative estimate of drug-likeness (QED) is 0.689. The van der Waals surface area contributed by atoms with Crippen molar-refractivity contribution in [2.45, 2.75) is 12.7 Å². The van der Waals surface area contributed by atoms with Crippen LogP contribution in [0.2, 0.25) is 0 Å². The summed E-state index contributed by atoms with van der Waals surface area (Å²) in [5, 5.41) is 0. The predicted octanol–water partition coefficient (Wildman–Crippen LogP) is 3.75. The summed E-state index contributed by atoms with van der Waals surface area (Å²) in [6.07, 6.45) is 0. The lowest BCUT2D eigenvalue weighted by Gasteiger charge is -2.14. The molecule has 0 saturated carbocycles. The smallest absolute Gasteiger partial charge is 0.387 e. The van der Waals surface area contributed by atoms with Crippen molar-refractivity contribution in [1.82, 2.24) is 0 Å². The normalized spacial score (nSPS) is 12.5. The minimum absolute atomic E-state index is 0.0910. The van der Waals surface area contributed by atoms with Crippen LogP contribution in [0.4, 0.5) is 22.0 Å². The third-order valence-electron chi connectivity index (χ3n) is 2.84. The maximum absolute atomic E-state index is 13.6. The Kier molecular flexibility index (Phi) is 4.42. The van der Waals surface area contributed by atoms with E-state index in [4.69, 9.17) is 5.73 Å². The fraction of sp³-hybridized carbons (Fsp3) is 0.143. The number of nitrogens with two attached hydrogens (primary N) is 1. The molecule has 0 aliphatic rings. The van der Waals surface area contributed by atoms with Gasteiger partial charge in [0.2, 0.25) is 0 Å². The molecule has 0 heterocycles. The first kappa shape index (κ1) is 15.2. The van der Waals surface area contributed by atoms with E-state index in [0.717, 1.165) is 0 Å². The molecule has 2 N–H and O–H groups in total. The molecular weight excluding hydrogens is 293 g/mol. The van der Waals surface area contributed by atoms with E-state index in [1.165, 1.54) is 24.3 Å². The lowest BCUT2D eigenvalue weighted by molar-refractivity contribution is -0.0498. The Bertz CT molecular complexity index is 630. The molecule has 0 radical (unpaired) electrons. The standard InChI is InChI=1S/C14H10F5NO/c15-10-6-12(17)11(16)5-9(10)13(20)7-1-3-8(4-2-7)21-14(18)19/h1-6,13-14H,20H2. The molecule has 1 unspecified atom stereocenters. The van der Waals surface area contributed by atoms with Gasteiger partial charge in [0.15, 0.2) is 11.6 Å². The highest BCUT2D eigenvalue weighted by Crippen LogP contribution is 2.26. The van der Waals surface area contributed by atoms with Crippen LogP contribution in [0.5, 0.6) is 5.75 Å². The summed E-state index contributed by atoms with van der Waals surface area (Å²) < 4.78 is 67.8. The van der Waals surface area contributed by atoms with Gasteiger partial charge in [0.1, 0.15) is 11.6 Å². The van der Waals surface area contributed by atoms with E-state index in [0.29, 0.717) is 17.7 Å². The molecule has 112 valence electrons. The summed E-state index contributed by atoms with van der Waals surface area (Å²) in [5.74, 6) is -3.62. The van der Waals surface area contributed by atoms with Crippen molar-refractivity contribution in [3.63, 3.8) is 0 Å². The number of rotatable bonds is 4. The van der Waals surface area contributed by atoms with Gasteiger partial charge in [0, 0.05) is 11.6 Å². The fourth-order valence-corrected chi connectivity index (χ4v) is 1.81. The highest BCUT2D eigenvalue weighted by molar-refractivity contribution is 5.36. The maximum atomic E-state index is 13.6. The average Bonchev–Trinajstić information content (AvgIpc) is 2.42. The molecule has 7 heteroatoms. The van der Waals surface area contributed by atoms with Gasteiger partial charge >= 0.3 is 6.61 Å². The molecule has 2 nitrogen and oxygen atoms in total. The van der Waals surface area contributed by atoms with E-state index < -0.39 is 30.1 Å². The molecular formula is C14H10F5NO. The molecule has 0 aliphatic heterocycles. The largest absolute Gasteiger partial charge is 0.435 e. The first-order valence-corrected chi connectivity index (χ1v) is 5.83. The Morgan fingerprint density at radius 2 is 1.43 bits per heavy atom. The van der Waals surface area contributed by atoms with Crippen molar-refractivity contribution in [2.24, 2.45) is 5.73 Å². The lowest BCUT2D eigenvalue weighted by Crippen LogP contribution is -2.14. The van der Waals surface area contributed by atoms with Gasteiger partial charge in [0.25, 0.3) is 0 Å². The minimum atomic E-state index is -2.96. The summed E-state index contributed by atoms with van der Waals surface area (Å²) in [6, 6.07) is 5.11. The van der Waals surface area contributed by atoms with Crippen LogP contribution < -0.4 is 10.5 Å². The molecule has 0 fully saturated rings. The van der Waals surface area contributed by atoms with E-state index in [1.807, 2.05) is 0 Å². The molecule has 2 aromatic carbocycles. The van der Waals surface area contributed by atoms with Crippen LogP contribution in [0.15, 0.2) is 36.4 Å². The zero-order chi connectivity index (χ0) is 15.6. The lowest BCUT2D eigenvalue weighted by atomic mass is 9.99. The van der Waals surface area contributed by atoms with Gasteiger partial charge < -0.3 is 10.5 Å². The van der Waals surface area contributed by atoms with Crippen LogP contribution in [-0.4, -0.2) is 6.61 Å². The minimum Gasteiger partial charge on any atom is -0.435 e. The van der Waals surface area contributed by atoms with Gasteiger partial charge in [-0.2, -0.15) is 8.78 Å². The summed E-state index contributed by atoms with van der Waals surface area (Å²) in [4.78, 5) is 0. The third-order valence-corrected chi connectivity index (χ3v) is 2.84. The predicted molar refractivity (Wildman–Crippen MR) is 65.4 cm³/mol. The fourth-order valence-electron chi connectivity index (χ4n) is 1.81. The maximum Gasteiger partial charge on any atom is 0.387 e. The van der Waals surface area contributed by atoms with Gasteiger partial charge in [-0.3, -0.25) is 0 Å². The summed E-state index contributed by atoms with van der Waals surface area (Å²) in [5.41, 5.74) is 5.86. The van der Waals surface area contributed by atoms with Crippen LogP contribution in [0, 0.1) is 17.5 Å². The monoisotopic (exact) mass is 303 g/mol. The van der Waals surface area contributed by atoms with E-state index in [2.05, 4.69) is 4.74 Å². The topological polar surface area (TPSA) is 35.2 Å². The Morgan fingerprint density at radius 3 is 2.00 bits per heavy atom. The number of alkyl halides is 2. The number of hydrogen-bond donors (Lipinski definition) is 1. The molecule has 0 saturated heterocycles. The van der Waals surface area contributed by atoms with Crippen LogP contribution in [-0.2, 0) is 0 Å². The van der Waals surface area contributed by atoms with Crippen molar-refractivity contribution in [2.75, 3.05) is 0 Å². The molecule has 0 aromatic heterocycles.